The largest absolute Gasteiger partial charge is 0.476 e. The highest BCUT2D eigenvalue weighted by molar-refractivity contribution is 6.33. The van der Waals surface area contributed by atoms with Gasteiger partial charge in [0.2, 0.25) is 11.2 Å². The van der Waals surface area contributed by atoms with Crippen molar-refractivity contribution < 1.29 is 13.9 Å². The molecule has 0 saturated carbocycles. The molecule has 1 aromatic heterocycles. The van der Waals surface area contributed by atoms with Crippen LogP contribution < -0.4 is 15.5 Å². The van der Waals surface area contributed by atoms with E-state index in [-0.39, 0.29) is 16.9 Å². The maximum absolute atomic E-state index is 13.2. The Morgan fingerprint density at radius 2 is 1.77 bits per heavy atom. The Morgan fingerprint density at radius 1 is 1.03 bits per heavy atom. The highest BCUT2D eigenvalue weighted by atomic mass is 35.5. The van der Waals surface area contributed by atoms with Crippen molar-refractivity contribution in [3.63, 3.8) is 0 Å². The summed E-state index contributed by atoms with van der Waals surface area (Å²) in [7, 11) is 0. The van der Waals surface area contributed by atoms with Gasteiger partial charge in [0.15, 0.2) is 12.4 Å². The van der Waals surface area contributed by atoms with E-state index < -0.39 is 17.9 Å². The van der Waals surface area contributed by atoms with Gasteiger partial charge >= 0.3 is 0 Å². The second-order valence-electron chi connectivity index (χ2n) is 6.91. The fraction of sp³-hybridized carbons (Fsp3) is 0.0833. The lowest BCUT2D eigenvalue weighted by Gasteiger charge is -2.12. The van der Waals surface area contributed by atoms with E-state index in [1.165, 1.54) is 6.07 Å². The number of hydrogen-bond acceptors (Lipinski definition) is 4. The number of carbonyl (C=O) groups is 1. The van der Waals surface area contributed by atoms with Gasteiger partial charge in [-0.3, -0.25) is 9.59 Å². The Morgan fingerprint density at radius 3 is 2.52 bits per heavy atom. The monoisotopic (exact) mass is 453 g/mol. The fourth-order valence-electron chi connectivity index (χ4n) is 3.06. The number of rotatable bonds is 5. The Bertz CT molecular complexity index is 1330. The normalized spacial score (nSPS) is 10.8. The number of aryl methyl sites for hydroxylation is 1. The summed E-state index contributed by atoms with van der Waals surface area (Å²) in [6, 6.07) is 19.1. The Labute approximate surface area is 188 Å². The summed E-state index contributed by atoms with van der Waals surface area (Å²) in [5.74, 6) is -0.285. The SMILES string of the molecule is Cc1ccc(-c2oc3ccc(Cl)cc3c(=O)c2OCC(=O)Nc2ccccc2Cl)cc1. The first-order valence-electron chi connectivity index (χ1n) is 9.43. The van der Waals surface area contributed by atoms with Crippen molar-refractivity contribution >= 4 is 45.8 Å². The number of fused-ring (bicyclic) bond motifs is 1. The number of benzene rings is 3. The van der Waals surface area contributed by atoms with Gasteiger partial charge in [0.05, 0.1) is 16.1 Å². The molecule has 1 amide bonds. The van der Waals surface area contributed by atoms with Crippen LogP contribution in [0.25, 0.3) is 22.3 Å². The van der Waals surface area contributed by atoms with Crippen LogP contribution in [0.5, 0.6) is 5.75 Å². The lowest BCUT2D eigenvalue weighted by atomic mass is 10.1. The van der Waals surface area contributed by atoms with E-state index in [0.29, 0.717) is 26.9 Å². The van der Waals surface area contributed by atoms with E-state index in [9.17, 15) is 9.59 Å². The zero-order valence-corrected chi connectivity index (χ0v) is 18.0. The van der Waals surface area contributed by atoms with Crippen molar-refractivity contribution in [3.8, 4) is 17.1 Å². The van der Waals surface area contributed by atoms with Gasteiger partial charge in [-0.05, 0) is 37.3 Å². The molecule has 156 valence electrons. The molecule has 1 N–H and O–H groups in total. The molecule has 0 aliphatic heterocycles. The van der Waals surface area contributed by atoms with Crippen molar-refractivity contribution in [1.29, 1.82) is 0 Å². The quantitative estimate of drug-likeness (QED) is 0.396. The van der Waals surface area contributed by atoms with Crippen LogP contribution in [-0.4, -0.2) is 12.5 Å². The average molecular weight is 454 g/mol. The van der Waals surface area contributed by atoms with Crippen LogP contribution in [0, 0.1) is 6.92 Å². The van der Waals surface area contributed by atoms with E-state index in [2.05, 4.69) is 5.32 Å². The fourth-order valence-corrected chi connectivity index (χ4v) is 3.42. The molecule has 0 bridgehead atoms. The highest BCUT2D eigenvalue weighted by Gasteiger charge is 2.19. The number of para-hydroxylation sites is 1. The van der Waals surface area contributed by atoms with Gasteiger partial charge in [-0.25, -0.2) is 0 Å². The summed E-state index contributed by atoms with van der Waals surface area (Å²) in [6.45, 7) is 1.56. The molecule has 4 aromatic rings. The number of halogens is 2. The predicted octanol–water partition coefficient (Wildman–Crippen LogP) is 6.09. The maximum Gasteiger partial charge on any atom is 0.262 e. The number of amides is 1. The van der Waals surface area contributed by atoms with Gasteiger partial charge in [-0.2, -0.15) is 0 Å². The summed E-state index contributed by atoms with van der Waals surface area (Å²) >= 11 is 12.1. The van der Waals surface area contributed by atoms with Gasteiger partial charge in [0, 0.05) is 10.6 Å². The third-order valence-corrected chi connectivity index (χ3v) is 5.18. The van der Waals surface area contributed by atoms with E-state index in [1.54, 1.807) is 36.4 Å². The summed E-state index contributed by atoms with van der Waals surface area (Å²) < 4.78 is 11.7. The molecule has 0 saturated heterocycles. The summed E-state index contributed by atoms with van der Waals surface area (Å²) in [5, 5.41) is 3.72. The zero-order valence-electron chi connectivity index (χ0n) is 16.4. The molecule has 5 nitrogen and oxygen atoms in total. The van der Waals surface area contributed by atoms with Crippen molar-refractivity contribution in [2.45, 2.75) is 6.92 Å². The molecule has 0 spiro atoms. The molecule has 31 heavy (non-hydrogen) atoms. The number of anilines is 1. The first kappa shape index (κ1) is 21.0. The molecular weight excluding hydrogens is 437 g/mol. The Balaban J connectivity index is 1.71. The summed E-state index contributed by atoms with van der Waals surface area (Å²) in [4.78, 5) is 25.6. The topological polar surface area (TPSA) is 68.5 Å². The average Bonchev–Trinajstić information content (AvgIpc) is 2.75. The van der Waals surface area contributed by atoms with Gasteiger partial charge in [0.1, 0.15) is 5.58 Å². The van der Waals surface area contributed by atoms with Crippen LogP contribution in [0.15, 0.2) is 75.9 Å². The molecule has 0 unspecified atom stereocenters. The summed E-state index contributed by atoms with van der Waals surface area (Å²) in [5.41, 5.74) is 2.12. The lowest BCUT2D eigenvalue weighted by molar-refractivity contribution is -0.118. The smallest absolute Gasteiger partial charge is 0.262 e. The second-order valence-corrected chi connectivity index (χ2v) is 7.76. The third kappa shape index (κ3) is 4.58. The van der Waals surface area contributed by atoms with Crippen LogP contribution in [0.1, 0.15) is 5.56 Å². The van der Waals surface area contributed by atoms with Crippen LogP contribution in [0.4, 0.5) is 5.69 Å². The van der Waals surface area contributed by atoms with E-state index in [4.69, 9.17) is 32.4 Å². The van der Waals surface area contributed by atoms with Crippen LogP contribution in [-0.2, 0) is 4.79 Å². The first-order chi connectivity index (χ1) is 14.9. The molecular formula is C24H17Cl2NO4. The van der Waals surface area contributed by atoms with Crippen molar-refractivity contribution in [3.05, 3.63) is 92.6 Å². The van der Waals surface area contributed by atoms with Gasteiger partial charge in [-0.15, -0.1) is 0 Å². The molecule has 0 atom stereocenters. The van der Waals surface area contributed by atoms with Crippen molar-refractivity contribution in [2.24, 2.45) is 0 Å². The second kappa shape index (κ2) is 8.84. The number of hydrogen-bond donors (Lipinski definition) is 1. The van der Waals surface area contributed by atoms with Gasteiger partial charge in [0.25, 0.3) is 5.91 Å². The third-order valence-electron chi connectivity index (χ3n) is 4.62. The van der Waals surface area contributed by atoms with Gasteiger partial charge in [-0.1, -0.05) is 65.2 Å². The van der Waals surface area contributed by atoms with Crippen molar-refractivity contribution in [2.75, 3.05) is 11.9 Å². The molecule has 0 fully saturated rings. The number of nitrogens with one attached hydrogen (secondary N) is 1. The Kier molecular flexibility index (Phi) is 5.98. The van der Waals surface area contributed by atoms with Crippen LogP contribution >= 0.6 is 23.2 Å². The molecule has 3 aromatic carbocycles. The van der Waals surface area contributed by atoms with Crippen LogP contribution in [0.3, 0.4) is 0 Å². The van der Waals surface area contributed by atoms with E-state index in [1.807, 2.05) is 31.2 Å². The van der Waals surface area contributed by atoms with Crippen LogP contribution in [0.2, 0.25) is 10.0 Å². The minimum Gasteiger partial charge on any atom is -0.476 e. The predicted molar refractivity (Wildman–Crippen MR) is 123 cm³/mol. The molecule has 0 aliphatic rings. The van der Waals surface area contributed by atoms with E-state index >= 15 is 0 Å². The van der Waals surface area contributed by atoms with E-state index in [0.717, 1.165) is 5.56 Å². The van der Waals surface area contributed by atoms with Gasteiger partial charge < -0.3 is 14.5 Å². The number of ether oxygens (including phenoxy) is 1. The molecule has 7 heteroatoms. The minimum atomic E-state index is -0.464. The highest BCUT2D eigenvalue weighted by Crippen LogP contribution is 2.32. The standard InChI is InChI=1S/C24H17Cl2NO4/c1-14-6-8-15(9-7-14)23-24(22(29)17-12-16(25)10-11-20(17)31-23)30-13-21(28)27-19-5-3-2-4-18(19)26/h2-12H,13H2,1H3,(H,27,28). The minimum absolute atomic E-state index is 0.0621. The first-order valence-corrected chi connectivity index (χ1v) is 10.2. The molecule has 4 rings (SSSR count). The van der Waals surface area contributed by atoms with Crippen molar-refractivity contribution in [1.82, 2.24) is 0 Å². The molecule has 0 radical (unpaired) electrons. The maximum atomic E-state index is 13.2. The summed E-state index contributed by atoms with van der Waals surface area (Å²) in [6.07, 6.45) is 0. The zero-order chi connectivity index (χ0) is 22.0. The number of carbonyl (C=O) groups excluding carboxylic acids is 1. The molecule has 0 aliphatic carbocycles. The lowest BCUT2D eigenvalue weighted by Crippen LogP contribution is -2.22. The Hall–Kier alpha value is -3.28. The molecule has 1 heterocycles.